The summed E-state index contributed by atoms with van der Waals surface area (Å²) >= 11 is 0. The van der Waals surface area contributed by atoms with Gasteiger partial charge in [-0.05, 0) is 30.4 Å². The summed E-state index contributed by atoms with van der Waals surface area (Å²) in [6, 6.07) is 12.1. The van der Waals surface area contributed by atoms with Gasteiger partial charge in [-0.2, -0.15) is 0 Å². The fourth-order valence-corrected chi connectivity index (χ4v) is 2.36. The van der Waals surface area contributed by atoms with Crippen molar-refractivity contribution in [2.24, 2.45) is 0 Å². The minimum atomic E-state index is -0.0770. The van der Waals surface area contributed by atoms with Crippen molar-refractivity contribution in [1.82, 2.24) is 5.32 Å². The Morgan fingerprint density at radius 1 is 1.25 bits per heavy atom. The van der Waals surface area contributed by atoms with Crippen molar-refractivity contribution in [1.29, 1.82) is 0 Å². The van der Waals surface area contributed by atoms with Crippen LogP contribution in [0.1, 0.15) is 42.5 Å². The fourth-order valence-electron chi connectivity index (χ4n) is 2.36. The predicted molar refractivity (Wildman–Crippen MR) is 84.1 cm³/mol. The topological polar surface area (TPSA) is 45.4 Å². The van der Waals surface area contributed by atoms with Crippen LogP contribution in [0.2, 0.25) is 0 Å². The summed E-state index contributed by atoms with van der Waals surface area (Å²) in [6.45, 7) is 4.16. The molecule has 2 N–H and O–H groups in total. The molecule has 2 rings (SSSR count). The Labute approximate surface area is 121 Å². The van der Waals surface area contributed by atoms with E-state index in [4.69, 9.17) is 4.42 Å². The van der Waals surface area contributed by atoms with Gasteiger partial charge in [0.1, 0.15) is 13.6 Å². The SMILES string of the molecule is Bc1cc([C@@H](CC)N[C@@H](CO)c2ccccc2)oc1C. The average molecular weight is 271 g/mol. The molecule has 0 bridgehead atoms. The van der Waals surface area contributed by atoms with Gasteiger partial charge in [-0.1, -0.05) is 37.3 Å². The van der Waals surface area contributed by atoms with E-state index in [-0.39, 0.29) is 18.7 Å². The monoisotopic (exact) mass is 271 g/mol. The van der Waals surface area contributed by atoms with Crippen molar-refractivity contribution in [3.05, 3.63) is 53.5 Å². The normalized spacial score (nSPS) is 14.2. The number of aliphatic hydroxyl groups is 1. The summed E-state index contributed by atoms with van der Waals surface area (Å²) in [7, 11) is 2.05. The van der Waals surface area contributed by atoms with Crippen LogP contribution in [0.3, 0.4) is 0 Å². The number of nitrogens with one attached hydrogen (secondary N) is 1. The lowest BCUT2D eigenvalue weighted by atomic mass is 9.96. The molecule has 0 spiro atoms. The van der Waals surface area contributed by atoms with Gasteiger partial charge in [-0.15, -0.1) is 0 Å². The second-order valence-corrected chi connectivity index (χ2v) is 5.16. The Hall–Kier alpha value is -1.52. The van der Waals surface area contributed by atoms with Gasteiger partial charge in [0, 0.05) is 0 Å². The summed E-state index contributed by atoms with van der Waals surface area (Å²) in [6.07, 6.45) is 0.912. The van der Waals surface area contributed by atoms with Crippen molar-refractivity contribution in [2.75, 3.05) is 6.61 Å². The maximum absolute atomic E-state index is 9.64. The van der Waals surface area contributed by atoms with E-state index in [0.717, 1.165) is 23.5 Å². The third kappa shape index (κ3) is 3.32. The second-order valence-electron chi connectivity index (χ2n) is 5.16. The Kier molecular flexibility index (Phi) is 5.04. The molecule has 20 heavy (non-hydrogen) atoms. The molecule has 0 saturated heterocycles. The highest BCUT2D eigenvalue weighted by Crippen LogP contribution is 2.23. The highest BCUT2D eigenvalue weighted by Gasteiger charge is 2.19. The average Bonchev–Trinajstić information content (AvgIpc) is 2.81. The molecule has 1 heterocycles. The molecule has 0 aliphatic heterocycles. The molecule has 0 aliphatic carbocycles. The summed E-state index contributed by atoms with van der Waals surface area (Å²) in [5.74, 6) is 1.90. The van der Waals surface area contributed by atoms with Crippen molar-refractivity contribution in [3.63, 3.8) is 0 Å². The van der Waals surface area contributed by atoms with Crippen LogP contribution < -0.4 is 10.8 Å². The lowest BCUT2D eigenvalue weighted by Gasteiger charge is -2.22. The Morgan fingerprint density at radius 3 is 2.45 bits per heavy atom. The zero-order valence-corrected chi connectivity index (χ0v) is 12.4. The third-order valence-electron chi connectivity index (χ3n) is 3.72. The first-order valence-corrected chi connectivity index (χ1v) is 7.14. The second kappa shape index (κ2) is 6.77. The van der Waals surface area contributed by atoms with Crippen molar-refractivity contribution in [3.8, 4) is 0 Å². The summed E-state index contributed by atoms with van der Waals surface area (Å²) < 4.78 is 5.80. The smallest absolute Gasteiger partial charge is 0.143 e. The minimum Gasteiger partial charge on any atom is -0.465 e. The van der Waals surface area contributed by atoms with E-state index < -0.39 is 0 Å². The van der Waals surface area contributed by atoms with E-state index in [2.05, 4.69) is 26.2 Å². The fraction of sp³-hybridized carbons (Fsp3) is 0.375. The zero-order chi connectivity index (χ0) is 14.5. The van der Waals surface area contributed by atoms with Crippen molar-refractivity contribution < 1.29 is 9.52 Å². The Balaban J connectivity index is 2.16. The Morgan fingerprint density at radius 2 is 1.95 bits per heavy atom. The predicted octanol–water partition coefficient (Wildman–Crippen LogP) is 1.62. The first-order chi connectivity index (χ1) is 9.65. The van der Waals surface area contributed by atoms with Gasteiger partial charge in [0.25, 0.3) is 0 Å². The number of hydrogen-bond donors (Lipinski definition) is 2. The molecule has 0 unspecified atom stereocenters. The summed E-state index contributed by atoms with van der Waals surface area (Å²) in [5.41, 5.74) is 2.26. The zero-order valence-electron chi connectivity index (χ0n) is 12.4. The van der Waals surface area contributed by atoms with E-state index in [0.29, 0.717) is 0 Å². The standard InChI is InChI=1S/C16H22BNO2/c1-3-14(16-9-13(17)11(2)20-16)18-15(10-19)12-7-5-4-6-8-12/h4-9,14-15,18-19H,3,10,17H2,1-2H3/t14-,15+/m1/s1. The molecule has 106 valence electrons. The molecule has 2 atom stereocenters. The van der Waals surface area contributed by atoms with Gasteiger partial charge in [-0.3, -0.25) is 5.32 Å². The molecule has 0 amide bonds. The minimum absolute atomic E-state index is 0.0686. The quantitative estimate of drug-likeness (QED) is 0.785. The molecular formula is C16H22BNO2. The Bertz CT molecular complexity index is 519. The van der Waals surface area contributed by atoms with Crippen LogP contribution in [0, 0.1) is 6.92 Å². The molecule has 3 nitrogen and oxygen atoms in total. The van der Waals surface area contributed by atoms with E-state index in [1.54, 1.807) is 0 Å². The van der Waals surface area contributed by atoms with E-state index in [1.165, 1.54) is 5.46 Å². The van der Waals surface area contributed by atoms with Gasteiger partial charge < -0.3 is 9.52 Å². The highest BCUT2D eigenvalue weighted by atomic mass is 16.3. The van der Waals surface area contributed by atoms with Gasteiger partial charge in [0.05, 0.1) is 24.5 Å². The number of benzene rings is 1. The van der Waals surface area contributed by atoms with Crippen LogP contribution in [0.4, 0.5) is 0 Å². The van der Waals surface area contributed by atoms with E-state index in [1.807, 2.05) is 37.3 Å². The van der Waals surface area contributed by atoms with Gasteiger partial charge in [0.2, 0.25) is 0 Å². The third-order valence-corrected chi connectivity index (χ3v) is 3.72. The number of aliphatic hydroxyl groups excluding tert-OH is 1. The van der Waals surface area contributed by atoms with E-state index >= 15 is 0 Å². The van der Waals surface area contributed by atoms with Crippen LogP contribution in [0.5, 0.6) is 0 Å². The number of rotatable bonds is 6. The first-order valence-electron chi connectivity index (χ1n) is 7.14. The van der Waals surface area contributed by atoms with Crippen molar-refractivity contribution in [2.45, 2.75) is 32.4 Å². The molecule has 0 radical (unpaired) electrons. The van der Waals surface area contributed by atoms with Gasteiger partial charge in [0.15, 0.2) is 0 Å². The molecular weight excluding hydrogens is 249 g/mol. The largest absolute Gasteiger partial charge is 0.465 e. The van der Waals surface area contributed by atoms with Gasteiger partial charge >= 0.3 is 0 Å². The molecule has 2 aromatic rings. The molecule has 0 saturated carbocycles. The number of hydrogen-bond acceptors (Lipinski definition) is 3. The lowest BCUT2D eigenvalue weighted by molar-refractivity contribution is 0.225. The van der Waals surface area contributed by atoms with Crippen LogP contribution in [-0.2, 0) is 0 Å². The summed E-state index contributed by atoms with van der Waals surface area (Å²) in [5, 5.41) is 13.1. The lowest BCUT2D eigenvalue weighted by Crippen LogP contribution is -2.28. The van der Waals surface area contributed by atoms with Crippen LogP contribution in [-0.4, -0.2) is 19.6 Å². The van der Waals surface area contributed by atoms with Crippen LogP contribution in [0.25, 0.3) is 0 Å². The molecule has 0 fully saturated rings. The first kappa shape index (κ1) is 14.9. The van der Waals surface area contributed by atoms with Crippen molar-refractivity contribution >= 4 is 13.3 Å². The van der Waals surface area contributed by atoms with Crippen LogP contribution >= 0.6 is 0 Å². The summed E-state index contributed by atoms with van der Waals surface area (Å²) in [4.78, 5) is 0. The molecule has 4 heteroatoms. The van der Waals surface area contributed by atoms with Crippen LogP contribution in [0.15, 0.2) is 40.8 Å². The maximum Gasteiger partial charge on any atom is 0.143 e. The van der Waals surface area contributed by atoms with E-state index in [9.17, 15) is 5.11 Å². The number of furan rings is 1. The molecule has 1 aromatic heterocycles. The van der Waals surface area contributed by atoms with Gasteiger partial charge in [-0.25, -0.2) is 0 Å². The molecule has 1 aromatic carbocycles. The highest BCUT2D eigenvalue weighted by molar-refractivity contribution is 6.33. The number of aryl methyl sites for hydroxylation is 1. The molecule has 0 aliphatic rings. The maximum atomic E-state index is 9.64.